The lowest BCUT2D eigenvalue weighted by Gasteiger charge is -2.13. The Morgan fingerprint density at radius 1 is 1.04 bits per heavy atom. The Balaban J connectivity index is 3.81. The third-order valence-corrected chi connectivity index (χ3v) is 3.99. The van der Waals surface area contributed by atoms with Crippen molar-refractivity contribution in [2.45, 2.75) is 69.6 Å². The summed E-state index contributed by atoms with van der Waals surface area (Å²) in [6, 6.07) is 0. The number of hydrogen-bond acceptors (Lipinski definition) is 3. The third kappa shape index (κ3) is 15.6. The summed E-state index contributed by atoms with van der Waals surface area (Å²) in [6.45, 7) is 2.21. The first-order chi connectivity index (χ1) is 11.6. The van der Waals surface area contributed by atoms with Crippen LogP contribution in [0, 0.1) is 0 Å². The van der Waals surface area contributed by atoms with Crippen LogP contribution < -0.4 is 0 Å². The molecule has 0 aromatic rings. The molecule has 2 unspecified atom stereocenters. The molecule has 0 fully saturated rings. The standard InChI is InChI=1S/C20H32O3S/c1-2-3-4-5-6-7-8-9-10-11-12-13-16-19(24)18(21)15-14-17-20(22)23/h6-7,9-13,16,18-19,21,24H,2-5,8,14-15,17H2,1H3,(H,22,23)/b7-6+,10-9+,12-11+,16-13+. The second-order valence-corrected chi connectivity index (χ2v) is 6.34. The Hall–Kier alpha value is -1.26. The number of thiol groups is 1. The minimum Gasteiger partial charge on any atom is -0.481 e. The van der Waals surface area contributed by atoms with Crippen molar-refractivity contribution in [3.8, 4) is 0 Å². The highest BCUT2D eigenvalue weighted by Gasteiger charge is 2.12. The van der Waals surface area contributed by atoms with Crippen molar-refractivity contribution in [2.75, 3.05) is 0 Å². The lowest BCUT2D eigenvalue weighted by atomic mass is 10.1. The van der Waals surface area contributed by atoms with Gasteiger partial charge in [0.2, 0.25) is 0 Å². The maximum Gasteiger partial charge on any atom is 0.303 e. The summed E-state index contributed by atoms with van der Waals surface area (Å²) in [5, 5.41) is 18.1. The van der Waals surface area contributed by atoms with Crippen molar-refractivity contribution in [3.05, 3.63) is 48.6 Å². The average Bonchev–Trinajstić information content (AvgIpc) is 2.55. The van der Waals surface area contributed by atoms with Crippen molar-refractivity contribution < 1.29 is 15.0 Å². The minimum atomic E-state index is -0.834. The summed E-state index contributed by atoms with van der Waals surface area (Å²) in [7, 11) is 0. The fourth-order valence-electron chi connectivity index (χ4n) is 2.03. The first-order valence-corrected chi connectivity index (χ1v) is 9.32. The van der Waals surface area contributed by atoms with Gasteiger partial charge in [-0.2, -0.15) is 12.6 Å². The molecule has 0 aromatic heterocycles. The Morgan fingerprint density at radius 3 is 2.50 bits per heavy atom. The molecular weight excluding hydrogens is 320 g/mol. The van der Waals surface area contributed by atoms with E-state index in [0.29, 0.717) is 12.8 Å². The first-order valence-electron chi connectivity index (χ1n) is 8.80. The number of rotatable bonds is 14. The molecular formula is C20H32O3S. The van der Waals surface area contributed by atoms with Gasteiger partial charge < -0.3 is 10.2 Å². The molecule has 0 aliphatic rings. The van der Waals surface area contributed by atoms with Gasteiger partial charge in [-0.05, 0) is 32.1 Å². The minimum absolute atomic E-state index is 0.0824. The van der Waals surface area contributed by atoms with Crippen LogP contribution in [0.5, 0.6) is 0 Å². The smallest absolute Gasteiger partial charge is 0.303 e. The van der Waals surface area contributed by atoms with Gasteiger partial charge in [-0.15, -0.1) is 0 Å². The number of hydrogen-bond donors (Lipinski definition) is 3. The van der Waals surface area contributed by atoms with E-state index < -0.39 is 12.1 Å². The zero-order valence-corrected chi connectivity index (χ0v) is 15.6. The van der Waals surface area contributed by atoms with Crippen LogP contribution >= 0.6 is 12.6 Å². The highest BCUT2D eigenvalue weighted by molar-refractivity contribution is 7.81. The molecule has 0 bridgehead atoms. The molecule has 0 amide bonds. The first kappa shape index (κ1) is 22.7. The number of unbranched alkanes of at least 4 members (excludes halogenated alkanes) is 3. The van der Waals surface area contributed by atoms with E-state index in [2.05, 4.69) is 37.8 Å². The van der Waals surface area contributed by atoms with Crippen molar-refractivity contribution in [3.63, 3.8) is 0 Å². The maximum atomic E-state index is 10.4. The number of carboxylic acid groups (broad SMARTS) is 1. The van der Waals surface area contributed by atoms with Gasteiger partial charge in [0.05, 0.1) is 6.10 Å². The van der Waals surface area contributed by atoms with Crippen molar-refractivity contribution in [2.24, 2.45) is 0 Å². The summed E-state index contributed by atoms with van der Waals surface area (Å²) in [5.41, 5.74) is 0. The second-order valence-electron chi connectivity index (χ2n) is 5.74. The summed E-state index contributed by atoms with van der Waals surface area (Å²) in [4.78, 5) is 10.4. The lowest BCUT2D eigenvalue weighted by Crippen LogP contribution is -2.19. The number of carbonyl (C=O) groups is 1. The SMILES string of the molecule is CCCCC/C=C/C/C=C/C=C/C=C/C(S)C(O)CCCC(=O)O. The van der Waals surface area contributed by atoms with E-state index in [1.165, 1.54) is 25.7 Å². The van der Waals surface area contributed by atoms with Crippen LogP contribution in [0.3, 0.4) is 0 Å². The van der Waals surface area contributed by atoms with Gasteiger partial charge in [0.1, 0.15) is 0 Å². The molecule has 0 radical (unpaired) electrons. The summed E-state index contributed by atoms with van der Waals surface area (Å²) < 4.78 is 0. The van der Waals surface area contributed by atoms with Crippen LogP contribution in [0.15, 0.2) is 48.6 Å². The molecule has 4 heteroatoms. The summed E-state index contributed by atoms with van der Waals surface area (Å²) in [5.74, 6) is -0.834. The van der Waals surface area contributed by atoms with Crippen LogP contribution in [0.2, 0.25) is 0 Å². The fourth-order valence-corrected chi connectivity index (χ4v) is 2.28. The number of allylic oxidation sites excluding steroid dienone is 7. The van der Waals surface area contributed by atoms with E-state index in [-0.39, 0.29) is 11.7 Å². The van der Waals surface area contributed by atoms with Crippen LogP contribution in [-0.2, 0) is 4.79 Å². The average molecular weight is 353 g/mol. The molecule has 136 valence electrons. The highest BCUT2D eigenvalue weighted by atomic mass is 32.1. The van der Waals surface area contributed by atoms with Gasteiger partial charge in [-0.25, -0.2) is 0 Å². The molecule has 0 saturated carbocycles. The van der Waals surface area contributed by atoms with E-state index in [0.717, 1.165) is 6.42 Å². The number of aliphatic carboxylic acids is 1. The highest BCUT2D eigenvalue weighted by Crippen LogP contribution is 2.11. The predicted octanol–water partition coefficient (Wildman–Crippen LogP) is 5.10. The fraction of sp³-hybridized carbons (Fsp3) is 0.550. The molecule has 0 aliphatic carbocycles. The Bertz CT molecular complexity index is 425. The Labute approximate surface area is 152 Å². The van der Waals surface area contributed by atoms with Crippen LogP contribution in [0.1, 0.15) is 58.3 Å². The lowest BCUT2D eigenvalue weighted by molar-refractivity contribution is -0.137. The summed E-state index contributed by atoms with van der Waals surface area (Å²) >= 11 is 4.31. The van der Waals surface area contributed by atoms with Gasteiger partial charge in [-0.3, -0.25) is 4.79 Å². The second kappa shape index (κ2) is 16.6. The van der Waals surface area contributed by atoms with Gasteiger partial charge in [0, 0.05) is 11.7 Å². The third-order valence-electron chi connectivity index (χ3n) is 3.48. The van der Waals surface area contributed by atoms with E-state index in [1.807, 2.05) is 30.4 Å². The van der Waals surface area contributed by atoms with Crippen LogP contribution in [0.4, 0.5) is 0 Å². The normalized spacial score (nSPS) is 15.1. The van der Waals surface area contributed by atoms with E-state index >= 15 is 0 Å². The number of aliphatic hydroxyl groups is 1. The van der Waals surface area contributed by atoms with Gasteiger partial charge >= 0.3 is 5.97 Å². The zero-order chi connectivity index (χ0) is 18.0. The van der Waals surface area contributed by atoms with Gasteiger partial charge in [0.25, 0.3) is 0 Å². The Kier molecular flexibility index (Phi) is 15.7. The van der Waals surface area contributed by atoms with Gasteiger partial charge in [-0.1, -0.05) is 68.4 Å². The predicted molar refractivity (Wildman–Crippen MR) is 106 cm³/mol. The maximum absolute atomic E-state index is 10.4. The van der Waals surface area contributed by atoms with E-state index in [1.54, 1.807) is 0 Å². The van der Waals surface area contributed by atoms with Crippen molar-refractivity contribution >= 4 is 18.6 Å². The Morgan fingerprint density at radius 2 is 1.79 bits per heavy atom. The monoisotopic (exact) mass is 352 g/mol. The van der Waals surface area contributed by atoms with Crippen LogP contribution in [0.25, 0.3) is 0 Å². The molecule has 2 N–H and O–H groups in total. The molecule has 3 nitrogen and oxygen atoms in total. The molecule has 0 saturated heterocycles. The van der Waals surface area contributed by atoms with E-state index in [9.17, 15) is 9.90 Å². The molecule has 0 rings (SSSR count). The zero-order valence-electron chi connectivity index (χ0n) is 14.7. The summed E-state index contributed by atoms with van der Waals surface area (Å²) in [6.07, 6.45) is 22.3. The topological polar surface area (TPSA) is 57.5 Å². The number of aliphatic hydroxyl groups excluding tert-OH is 1. The molecule has 2 atom stereocenters. The number of carboxylic acids is 1. The molecule has 0 aliphatic heterocycles. The van der Waals surface area contributed by atoms with Crippen LogP contribution in [-0.4, -0.2) is 27.5 Å². The molecule has 0 heterocycles. The largest absolute Gasteiger partial charge is 0.481 e. The van der Waals surface area contributed by atoms with Gasteiger partial charge in [0.15, 0.2) is 0 Å². The quantitative estimate of drug-likeness (QED) is 0.176. The molecule has 24 heavy (non-hydrogen) atoms. The van der Waals surface area contributed by atoms with Crippen molar-refractivity contribution in [1.29, 1.82) is 0 Å². The molecule has 0 spiro atoms. The van der Waals surface area contributed by atoms with E-state index in [4.69, 9.17) is 5.11 Å². The molecule has 0 aromatic carbocycles. The van der Waals surface area contributed by atoms with Crippen molar-refractivity contribution in [1.82, 2.24) is 0 Å².